The number of nitrogens with zero attached hydrogens (tertiary/aromatic N) is 2. The highest BCUT2D eigenvalue weighted by Gasteiger charge is 2.17. The van der Waals surface area contributed by atoms with Crippen LogP contribution in [-0.4, -0.2) is 23.4 Å². The van der Waals surface area contributed by atoms with Crippen molar-refractivity contribution in [2.75, 3.05) is 4.72 Å². The standard InChI is InChI=1S/C12H16N4O2S/c1-4-10-13-7-12(15-10)19(17,18)16-11-6-8(2)5-9(3)14-11/h5-7H,4H2,1-3H3,(H,13,15)(H,14,16). The Morgan fingerprint density at radius 1 is 1.32 bits per heavy atom. The SMILES string of the molecule is CCc1ncc(S(=O)(=O)Nc2cc(C)cc(C)n2)[nH]1. The molecule has 19 heavy (non-hydrogen) atoms. The first-order valence-electron chi connectivity index (χ1n) is 5.92. The van der Waals surface area contributed by atoms with Crippen LogP contribution in [0.5, 0.6) is 0 Å². The maximum atomic E-state index is 12.1. The van der Waals surface area contributed by atoms with E-state index in [4.69, 9.17) is 0 Å². The molecule has 6 nitrogen and oxygen atoms in total. The summed E-state index contributed by atoms with van der Waals surface area (Å²) >= 11 is 0. The summed E-state index contributed by atoms with van der Waals surface area (Å²) < 4.78 is 26.7. The summed E-state index contributed by atoms with van der Waals surface area (Å²) in [5.74, 6) is 0.943. The summed E-state index contributed by atoms with van der Waals surface area (Å²) in [4.78, 5) is 10.9. The fourth-order valence-corrected chi connectivity index (χ4v) is 2.68. The Balaban J connectivity index is 2.30. The second-order valence-corrected chi connectivity index (χ2v) is 5.98. The number of H-pyrrole nitrogens is 1. The minimum atomic E-state index is -3.67. The maximum Gasteiger partial charge on any atom is 0.280 e. The lowest BCUT2D eigenvalue weighted by Gasteiger charge is -2.07. The van der Waals surface area contributed by atoms with Crippen molar-refractivity contribution in [3.05, 3.63) is 35.4 Å². The molecule has 0 atom stereocenters. The molecule has 0 saturated carbocycles. The highest BCUT2D eigenvalue weighted by molar-refractivity contribution is 7.92. The molecule has 7 heteroatoms. The van der Waals surface area contributed by atoms with E-state index in [1.165, 1.54) is 6.20 Å². The van der Waals surface area contributed by atoms with E-state index in [2.05, 4.69) is 19.7 Å². The number of aromatic amines is 1. The highest BCUT2D eigenvalue weighted by Crippen LogP contribution is 2.15. The molecule has 0 aliphatic carbocycles. The van der Waals surface area contributed by atoms with Crippen molar-refractivity contribution in [3.8, 4) is 0 Å². The van der Waals surface area contributed by atoms with Gasteiger partial charge in [0.1, 0.15) is 11.6 Å². The number of aromatic nitrogens is 3. The van der Waals surface area contributed by atoms with Crippen molar-refractivity contribution in [3.63, 3.8) is 0 Å². The van der Waals surface area contributed by atoms with Gasteiger partial charge in [0.15, 0.2) is 5.03 Å². The number of anilines is 1. The number of imidazole rings is 1. The van der Waals surface area contributed by atoms with E-state index in [-0.39, 0.29) is 5.03 Å². The maximum absolute atomic E-state index is 12.1. The first-order chi connectivity index (χ1) is 8.90. The third-order valence-electron chi connectivity index (χ3n) is 2.57. The smallest absolute Gasteiger partial charge is 0.280 e. The van der Waals surface area contributed by atoms with Crippen molar-refractivity contribution in [1.29, 1.82) is 0 Å². The summed E-state index contributed by atoms with van der Waals surface area (Å²) in [5.41, 5.74) is 1.71. The summed E-state index contributed by atoms with van der Waals surface area (Å²) in [6.07, 6.45) is 1.96. The largest absolute Gasteiger partial charge is 0.332 e. The lowest BCUT2D eigenvalue weighted by molar-refractivity contribution is 0.597. The van der Waals surface area contributed by atoms with Crippen molar-refractivity contribution >= 4 is 15.8 Å². The molecule has 0 radical (unpaired) electrons. The molecule has 2 aromatic rings. The summed E-state index contributed by atoms with van der Waals surface area (Å²) in [5, 5.41) is 0.0466. The molecule has 2 rings (SSSR count). The van der Waals surface area contributed by atoms with Gasteiger partial charge in [-0.05, 0) is 31.5 Å². The lowest BCUT2D eigenvalue weighted by Crippen LogP contribution is -2.14. The van der Waals surface area contributed by atoms with Gasteiger partial charge in [-0.2, -0.15) is 8.42 Å². The van der Waals surface area contributed by atoms with Crippen molar-refractivity contribution < 1.29 is 8.42 Å². The molecule has 0 amide bonds. The van der Waals surface area contributed by atoms with E-state index in [1.807, 2.05) is 26.8 Å². The lowest BCUT2D eigenvalue weighted by atomic mass is 10.2. The molecule has 2 aromatic heterocycles. The van der Waals surface area contributed by atoms with E-state index in [0.717, 1.165) is 11.3 Å². The number of rotatable bonds is 4. The van der Waals surface area contributed by atoms with E-state index < -0.39 is 10.0 Å². The predicted octanol–water partition coefficient (Wildman–Crippen LogP) is 1.78. The van der Waals surface area contributed by atoms with Gasteiger partial charge >= 0.3 is 0 Å². The van der Waals surface area contributed by atoms with Crippen LogP contribution >= 0.6 is 0 Å². The van der Waals surface area contributed by atoms with Gasteiger partial charge < -0.3 is 4.98 Å². The van der Waals surface area contributed by atoms with E-state index in [9.17, 15) is 8.42 Å². The number of hydrogen-bond donors (Lipinski definition) is 2. The van der Waals surface area contributed by atoms with Crippen LogP contribution in [0.3, 0.4) is 0 Å². The molecule has 0 fully saturated rings. The van der Waals surface area contributed by atoms with Gasteiger partial charge in [-0.25, -0.2) is 9.97 Å². The number of sulfonamides is 1. The third kappa shape index (κ3) is 3.11. The van der Waals surface area contributed by atoms with Crippen LogP contribution in [0, 0.1) is 13.8 Å². The second kappa shape index (κ2) is 5.00. The molecule has 0 aliphatic rings. The zero-order valence-electron chi connectivity index (χ0n) is 11.1. The monoisotopic (exact) mass is 280 g/mol. The quantitative estimate of drug-likeness (QED) is 0.893. The summed E-state index contributed by atoms with van der Waals surface area (Å²) in [6.45, 7) is 5.60. The Kier molecular flexibility index (Phi) is 3.57. The molecule has 0 aliphatic heterocycles. The van der Waals surface area contributed by atoms with Gasteiger partial charge in [0.2, 0.25) is 0 Å². The Bertz CT molecular complexity index is 671. The van der Waals surface area contributed by atoms with Crippen molar-refractivity contribution in [2.24, 2.45) is 0 Å². The van der Waals surface area contributed by atoms with Crippen LogP contribution in [0.25, 0.3) is 0 Å². The molecular weight excluding hydrogens is 264 g/mol. The molecule has 0 spiro atoms. The van der Waals surface area contributed by atoms with Gasteiger partial charge in [0, 0.05) is 12.1 Å². The molecule has 0 saturated heterocycles. The molecule has 0 bridgehead atoms. The van der Waals surface area contributed by atoms with Crippen LogP contribution in [0.15, 0.2) is 23.4 Å². The van der Waals surface area contributed by atoms with Gasteiger partial charge in [-0.1, -0.05) is 6.92 Å². The Morgan fingerprint density at radius 3 is 2.63 bits per heavy atom. The normalized spacial score (nSPS) is 11.5. The minimum Gasteiger partial charge on any atom is -0.332 e. The molecule has 2 N–H and O–H groups in total. The predicted molar refractivity (Wildman–Crippen MR) is 72.5 cm³/mol. The fourth-order valence-electron chi connectivity index (χ4n) is 1.75. The zero-order chi connectivity index (χ0) is 14.0. The Labute approximate surface area is 112 Å². The van der Waals surface area contributed by atoms with E-state index in [0.29, 0.717) is 18.1 Å². The van der Waals surface area contributed by atoms with Crippen LogP contribution < -0.4 is 4.72 Å². The molecule has 0 aromatic carbocycles. The van der Waals surface area contributed by atoms with Gasteiger partial charge in [-0.15, -0.1) is 0 Å². The molecule has 102 valence electrons. The van der Waals surface area contributed by atoms with Gasteiger partial charge in [0.25, 0.3) is 10.0 Å². The van der Waals surface area contributed by atoms with Crippen molar-refractivity contribution in [2.45, 2.75) is 32.2 Å². The topological polar surface area (TPSA) is 87.7 Å². The zero-order valence-corrected chi connectivity index (χ0v) is 11.9. The van der Waals surface area contributed by atoms with E-state index >= 15 is 0 Å². The first kappa shape index (κ1) is 13.5. The van der Waals surface area contributed by atoms with E-state index in [1.54, 1.807) is 6.07 Å². The summed E-state index contributed by atoms with van der Waals surface area (Å²) in [7, 11) is -3.67. The van der Waals surface area contributed by atoms with Gasteiger partial charge in [-0.3, -0.25) is 4.72 Å². The molecule has 2 heterocycles. The number of nitrogens with one attached hydrogen (secondary N) is 2. The molecule has 0 unspecified atom stereocenters. The van der Waals surface area contributed by atoms with Crippen LogP contribution in [0.1, 0.15) is 24.0 Å². The minimum absolute atomic E-state index is 0.0466. The highest BCUT2D eigenvalue weighted by atomic mass is 32.2. The number of pyridine rings is 1. The number of hydrogen-bond acceptors (Lipinski definition) is 4. The number of aryl methyl sites for hydroxylation is 3. The van der Waals surface area contributed by atoms with Gasteiger partial charge in [0.05, 0.1) is 6.20 Å². The average Bonchev–Trinajstić information content (AvgIpc) is 2.75. The van der Waals surface area contributed by atoms with Crippen LogP contribution in [0.4, 0.5) is 5.82 Å². The Hall–Kier alpha value is -1.89. The molecular formula is C12H16N4O2S. The van der Waals surface area contributed by atoms with Crippen LogP contribution in [-0.2, 0) is 16.4 Å². The fraction of sp³-hybridized carbons (Fsp3) is 0.333. The Morgan fingerprint density at radius 2 is 2.05 bits per heavy atom. The first-order valence-corrected chi connectivity index (χ1v) is 7.41. The van der Waals surface area contributed by atoms with Crippen LogP contribution in [0.2, 0.25) is 0 Å². The third-order valence-corrected chi connectivity index (χ3v) is 3.83. The van der Waals surface area contributed by atoms with Crippen molar-refractivity contribution in [1.82, 2.24) is 15.0 Å². The average molecular weight is 280 g/mol. The second-order valence-electron chi connectivity index (χ2n) is 4.32. The summed E-state index contributed by atoms with van der Waals surface area (Å²) in [6, 6.07) is 3.56.